The summed E-state index contributed by atoms with van der Waals surface area (Å²) in [5, 5.41) is 6.73. The maximum absolute atomic E-state index is 13.6. The van der Waals surface area contributed by atoms with E-state index < -0.39 is 17.8 Å². The lowest BCUT2D eigenvalue weighted by atomic mass is 9.86. The van der Waals surface area contributed by atoms with Gasteiger partial charge in [0.05, 0.1) is 38.3 Å². The first-order valence-corrected chi connectivity index (χ1v) is 14.6. The number of carbonyl (C=O) groups is 3. The van der Waals surface area contributed by atoms with Gasteiger partial charge in [0.25, 0.3) is 11.7 Å². The van der Waals surface area contributed by atoms with Crippen LogP contribution in [0.15, 0.2) is 48.5 Å². The Balaban J connectivity index is 1.57. The summed E-state index contributed by atoms with van der Waals surface area (Å²) in [5.74, 6) is -0.762. The van der Waals surface area contributed by atoms with Crippen molar-refractivity contribution in [3.63, 3.8) is 0 Å². The highest BCUT2D eigenvalue weighted by Crippen LogP contribution is 2.39. The van der Waals surface area contributed by atoms with E-state index in [4.69, 9.17) is 23.7 Å². The van der Waals surface area contributed by atoms with Crippen molar-refractivity contribution in [2.45, 2.75) is 26.2 Å². The third-order valence-corrected chi connectivity index (χ3v) is 7.27. The minimum Gasteiger partial charge on any atom is -0.492 e. The molecule has 1 heterocycles. The van der Waals surface area contributed by atoms with Crippen LogP contribution < -0.4 is 20.1 Å². The first-order valence-electron chi connectivity index (χ1n) is 14.6. The zero-order chi connectivity index (χ0) is 31.7. The monoisotopic (exact) mass is 607 g/mol. The zero-order valence-electron chi connectivity index (χ0n) is 26.0. The number of morpholine rings is 1. The summed E-state index contributed by atoms with van der Waals surface area (Å²) in [6, 6.07) is 14.2. The highest BCUT2D eigenvalue weighted by molar-refractivity contribution is 6.48. The highest BCUT2D eigenvalue weighted by atomic mass is 16.6. The van der Waals surface area contributed by atoms with E-state index in [0.29, 0.717) is 31.0 Å². The van der Waals surface area contributed by atoms with Gasteiger partial charge in [-0.1, -0.05) is 45.0 Å². The van der Waals surface area contributed by atoms with Crippen LogP contribution in [0.5, 0.6) is 11.5 Å². The van der Waals surface area contributed by atoms with Gasteiger partial charge in [-0.15, -0.1) is 0 Å². The Bertz CT molecular complexity index is 1480. The van der Waals surface area contributed by atoms with Gasteiger partial charge in [0.2, 0.25) is 0 Å². The molecule has 0 atom stereocenters. The number of methoxy groups -OCH3 is 2. The lowest BCUT2D eigenvalue weighted by Gasteiger charge is -2.26. The van der Waals surface area contributed by atoms with E-state index in [2.05, 4.69) is 15.5 Å². The molecule has 1 fully saturated rings. The maximum atomic E-state index is 13.6. The number of ether oxygens (including phenoxy) is 5. The van der Waals surface area contributed by atoms with Crippen molar-refractivity contribution in [2.75, 3.05) is 77.5 Å². The SMILES string of the molecule is COCCOC(=O)Nc1cc(C(C)(C)C)cc(NC(=O)C(=O)c2ccc(OCCN3CCOCC3)c3ccccc23)c1OC. The lowest BCUT2D eigenvalue weighted by Crippen LogP contribution is -2.38. The molecule has 0 unspecified atom stereocenters. The molecule has 1 saturated heterocycles. The Hall–Kier alpha value is -4.19. The van der Waals surface area contributed by atoms with Crippen LogP contribution in [0.3, 0.4) is 0 Å². The summed E-state index contributed by atoms with van der Waals surface area (Å²) < 4.78 is 27.2. The van der Waals surface area contributed by atoms with Crippen molar-refractivity contribution >= 4 is 39.9 Å². The number of rotatable bonds is 12. The number of ketones is 1. The van der Waals surface area contributed by atoms with Gasteiger partial charge in [-0.05, 0) is 40.6 Å². The molecule has 3 aromatic carbocycles. The number of benzene rings is 3. The average molecular weight is 608 g/mol. The molecule has 236 valence electrons. The molecule has 1 aliphatic rings. The molecule has 0 radical (unpaired) electrons. The topological polar surface area (TPSA) is 125 Å². The van der Waals surface area contributed by atoms with Crippen LogP contribution in [-0.4, -0.2) is 89.6 Å². The number of carbonyl (C=O) groups excluding carboxylic acids is 3. The van der Waals surface area contributed by atoms with Crippen LogP contribution in [0.1, 0.15) is 36.7 Å². The van der Waals surface area contributed by atoms with E-state index in [1.54, 1.807) is 30.3 Å². The largest absolute Gasteiger partial charge is 0.492 e. The maximum Gasteiger partial charge on any atom is 0.411 e. The van der Waals surface area contributed by atoms with Crippen molar-refractivity contribution in [3.8, 4) is 11.5 Å². The van der Waals surface area contributed by atoms with Gasteiger partial charge in [-0.2, -0.15) is 0 Å². The smallest absolute Gasteiger partial charge is 0.411 e. The van der Waals surface area contributed by atoms with Gasteiger partial charge >= 0.3 is 6.09 Å². The number of fused-ring (bicyclic) bond motifs is 1. The molecule has 0 saturated carbocycles. The molecular weight excluding hydrogens is 566 g/mol. The van der Waals surface area contributed by atoms with Gasteiger partial charge in [-0.3, -0.25) is 19.8 Å². The highest BCUT2D eigenvalue weighted by Gasteiger charge is 2.25. The fourth-order valence-electron chi connectivity index (χ4n) is 4.84. The molecule has 11 heteroatoms. The first-order chi connectivity index (χ1) is 21.1. The van der Waals surface area contributed by atoms with Gasteiger partial charge in [0, 0.05) is 37.7 Å². The standard InChI is InChI=1S/C33H41N3O8/c1-33(2,3)22-20-26(30(41-5)27(21-22)35-32(39)44-19-18-40-4)34-31(38)29(37)25-10-11-28(24-9-7-6-8-23(24)25)43-17-14-36-12-15-42-16-13-36/h6-11,20-21H,12-19H2,1-5H3,(H,34,38)(H,35,39). The van der Waals surface area contributed by atoms with Crippen molar-refractivity contribution in [1.82, 2.24) is 4.90 Å². The first kappa shape index (κ1) is 32.7. The van der Waals surface area contributed by atoms with Crippen molar-refractivity contribution in [2.24, 2.45) is 0 Å². The predicted octanol–water partition coefficient (Wildman–Crippen LogP) is 4.87. The second kappa shape index (κ2) is 15.0. The minimum absolute atomic E-state index is 0.0629. The molecule has 2 N–H and O–H groups in total. The van der Waals surface area contributed by atoms with Crippen LogP contribution in [0.25, 0.3) is 10.8 Å². The Morgan fingerprint density at radius 2 is 1.57 bits per heavy atom. The third-order valence-electron chi connectivity index (χ3n) is 7.27. The number of nitrogens with one attached hydrogen (secondary N) is 2. The Morgan fingerprint density at radius 3 is 2.23 bits per heavy atom. The summed E-state index contributed by atoms with van der Waals surface area (Å²) in [4.78, 5) is 41.7. The number of hydrogen-bond acceptors (Lipinski definition) is 9. The number of hydrogen-bond donors (Lipinski definition) is 2. The van der Waals surface area contributed by atoms with Gasteiger partial charge in [-0.25, -0.2) is 4.79 Å². The van der Waals surface area contributed by atoms with Crippen molar-refractivity contribution < 1.29 is 38.1 Å². The third kappa shape index (κ3) is 8.25. The number of nitrogens with zero attached hydrogens (tertiary/aromatic N) is 1. The van der Waals surface area contributed by atoms with Crippen LogP contribution >= 0.6 is 0 Å². The second-order valence-electron chi connectivity index (χ2n) is 11.4. The van der Waals surface area contributed by atoms with Crippen LogP contribution in [0, 0.1) is 0 Å². The summed E-state index contributed by atoms with van der Waals surface area (Å²) in [5.41, 5.74) is 1.19. The van der Waals surface area contributed by atoms with E-state index >= 15 is 0 Å². The fourth-order valence-corrected chi connectivity index (χ4v) is 4.84. The van der Waals surface area contributed by atoms with Crippen LogP contribution in [0.4, 0.5) is 16.2 Å². The number of amides is 2. The van der Waals surface area contributed by atoms with Gasteiger partial charge in [0.15, 0.2) is 5.75 Å². The predicted molar refractivity (Wildman–Crippen MR) is 168 cm³/mol. The molecular formula is C33H41N3O8. The Labute approximate surface area is 257 Å². The van der Waals surface area contributed by atoms with Gasteiger partial charge < -0.3 is 29.0 Å². The zero-order valence-corrected chi connectivity index (χ0v) is 26.0. The average Bonchev–Trinajstić information content (AvgIpc) is 3.01. The number of Topliss-reactive ketones (excluding diaryl/α,β-unsaturated/α-hetero) is 1. The summed E-state index contributed by atoms with van der Waals surface area (Å²) in [6.07, 6.45) is -0.710. The number of anilines is 2. The van der Waals surface area contributed by atoms with E-state index in [1.165, 1.54) is 14.2 Å². The molecule has 0 aliphatic carbocycles. The van der Waals surface area contributed by atoms with E-state index in [0.717, 1.165) is 30.6 Å². The summed E-state index contributed by atoms with van der Waals surface area (Å²) >= 11 is 0. The molecule has 44 heavy (non-hydrogen) atoms. The molecule has 0 bridgehead atoms. The fraction of sp³-hybridized carbons (Fsp3) is 0.424. The quantitative estimate of drug-likeness (QED) is 0.169. The van der Waals surface area contributed by atoms with E-state index in [1.807, 2.05) is 39.0 Å². The van der Waals surface area contributed by atoms with Crippen LogP contribution in [0.2, 0.25) is 0 Å². The lowest BCUT2D eigenvalue weighted by molar-refractivity contribution is -0.112. The van der Waals surface area contributed by atoms with Crippen molar-refractivity contribution in [1.29, 1.82) is 0 Å². The van der Waals surface area contributed by atoms with E-state index in [9.17, 15) is 14.4 Å². The summed E-state index contributed by atoms with van der Waals surface area (Å²) in [7, 11) is 2.92. The van der Waals surface area contributed by atoms with E-state index in [-0.39, 0.29) is 41.3 Å². The summed E-state index contributed by atoms with van der Waals surface area (Å²) in [6.45, 7) is 10.7. The molecule has 1 aliphatic heterocycles. The second-order valence-corrected chi connectivity index (χ2v) is 11.4. The molecule has 3 aromatic rings. The normalized spacial score (nSPS) is 13.8. The van der Waals surface area contributed by atoms with Crippen LogP contribution in [-0.2, 0) is 24.4 Å². The Morgan fingerprint density at radius 1 is 0.886 bits per heavy atom. The molecule has 11 nitrogen and oxygen atoms in total. The molecule has 2 amide bonds. The minimum atomic E-state index is -0.853. The molecule has 0 spiro atoms. The molecule has 4 rings (SSSR count). The molecule has 0 aromatic heterocycles. The van der Waals surface area contributed by atoms with Crippen molar-refractivity contribution in [3.05, 3.63) is 59.7 Å². The Kier molecular flexibility index (Phi) is 11.2. The van der Waals surface area contributed by atoms with Gasteiger partial charge in [0.1, 0.15) is 19.0 Å².